The molecule has 1 fully saturated rings. The predicted octanol–water partition coefficient (Wildman–Crippen LogP) is 2.23. The quantitative estimate of drug-likeness (QED) is 0.531. The van der Waals surface area contributed by atoms with Crippen LogP contribution in [0.25, 0.3) is 10.8 Å². The van der Waals surface area contributed by atoms with Crippen LogP contribution in [0.1, 0.15) is 31.4 Å². The van der Waals surface area contributed by atoms with E-state index < -0.39 is 11.9 Å². The minimum absolute atomic E-state index is 0.0208. The lowest BCUT2D eigenvalue weighted by atomic mass is 10.00. The number of esters is 1. The molecule has 8 nitrogen and oxygen atoms in total. The van der Waals surface area contributed by atoms with Crippen molar-refractivity contribution in [3.8, 4) is 0 Å². The summed E-state index contributed by atoms with van der Waals surface area (Å²) < 4.78 is 5.02. The topological polar surface area (TPSA) is 96.0 Å². The number of ether oxygens (including phenoxy) is 1. The zero-order valence-corrected chi connectivity index (χ0v) is 17.1. The molecule has 0 aliphatic carbocycles. The van der Waals surface area contributed by atoms with Crippen LogP contribution in [0.2, 0.25) is 0 Å². The molecule has 158 valence electrons. The second-order valence-electron chi connectivity index (χ2n) is 7.31. The number of nitrogens with zero attached hydrogens (tertiary/aromatic N) is 2. The molecule has 30 heavy (non-hydrogen) atoms. The Hall–Kier alpha value is -3.42. The van der Waals surface area contributed by atoms with Gasteiger partial charge in [0.2, 0.25) is 5.91 Å². The van der Waals surface area contributed by atoms with E-state index in [0.29, 0.717) is 0 Å². The van der Waals surface area contributed by atoms with Crippen LogP contribution in [-0.2, 0) is 19.1 Å². The van der Waals surface area contributed by atoms with Crippen molar-refractivity contribution < 1.29 is 23.9 Å². The van der Waals surface area contributed by atoms with Gasteiger partial charge in [0.1, 0.15) is 6.54 Å². The highest BCUT2D eigenvalue weighted by Crippen LogP contribution is 2.23. The summed E-state index contributed by atoms with van der Waals surface area (Å²) in [6, 6.07) is 13.2. The first-order chi connectivity index (χ1) is 14.4. The number of carbonyl (C=O) groups excluding carboxylic acids is 4. The van der Waals surface area contributed by atoms with Crippen molar-refractivity contribution in [3.63, 3.8) is 0 Å². The van der Waals surface area contributed by atoms with E-state index in [-0.39, 0.29) is 50.5 Å². The third-order valence-corrected chi connectivity index (χ3v) is 5.03. The van der Waals surface area contributed by atoms with Crippen LogP contribution < -0.4 is 5.32 Å². The Morgan fingerprint density at radius 3 is 2.60 bits per heavy atom. The number of rotatable bonds is 8. The number of hydrogen-bond acceptors (Lipinski definition) is 5. The molecule has 1 N–H and O–H groups in total. The van der Waals surface area contributed by atoms with Crippen LogP contribution in [0.4, 0.5) is 4.79 Å². The smallest absolute Gasteiger partial charge is 0.326 e. The van der Waals surface area contributed by atoms with Crippen LogP contribution in [0, 0.1) is 0 Å². The van der Waals surface area contributed by atoms with E-state index >= 15 is 0 Å². The molecule has 1 atom stereocenters. The van der Waals surface area contributed by atoms with Gasteiger partial charge in [-0.15, -0.1) is 0 Å². The summed E-state index contributed by atoms with van der Waals surface area (Å²) in [7, 11) is 1.55. The van der Waals surface area contributed by atoms with Gasteiger partial charge in [-0.1, -0.05) is 42.5 Å². The fourth-order valence-electron chi connectivity index (χ4n) is 3.48. The highest BCUT2D eigenvalue weighted by molar-refractivity contribution is 6.01. The Kier molecular flexibility index (Phi) is 6.66. The molecule has 0 bridgehead atoms. The zero-order chi connectivity index (χ0) is 21.7. The van der Waals surface area contributed by atoms with Crippen molar-refractivity contribution >= 4 is 34.6 Å². The van der Waals surface area contributed by atoms with Gasteiger partial charge in [-0.25, -0.2) is 4.79 Å². The molecule has 3 rings (SSSR count). The summed E-state index contributed by atoms with van der Waals surface area (Å²) in [5.74, 6) is -1.22. The second kappa shape index (κ2) is 9.39. The Morgan fingerprint density at radius 1 is 1.13 bits per heavy atom. The molecule has 8 heteroatoms. The van der Waals surface area contributed by atoms with Gasteiger partial charge < -0.3 is 15.0 Å². The Bertz CT molecular complexity index is 969. The van der Waals surface area contributed by atoms with Gasteiger partial charge in [0.25, 0.3) is 5.91 Å². The Morgan fingerprint density at radius 2 is 1.87 bits per heavy atom. The van der Waals surface area contributed by atoms with Crippen LogP contribution >= 0.6 is 0 Å². The molecule has 1 heterocycles. The van der Waals surface area contributed by atoms with Gasteiger partial charge in [-0.3, -0.25) is 19.3 Å². The van der Waals surface area contributed by atoms with Crippen molar-refractivity contribution in [1.29, 1.82) is 0 Å². The molecule has 1 aliphatic rings. The fourth-order valence-corrected chi connectivity index (χ4v) is 3.48. The summed E-state index contributed by atoms with van der Waals surface area (Å²) in [4.78, 5) is 49.9. The van der Waals surface area contributed by atoms with E-state index in [2.05, 4.69) is 5.32 Å². The molecular weight excluding hydrogens is 386 g/mol. The van der Waals surface area contributed by atoms with Crippen molar-refractivity contribution in [2.24, 2.45) is 0 Å². The summed E-state index contributed by atoms with van der Waals surface area (Å²) in [5, 5.41) is 4.99. The maximum Gasteiger partial charge on any atom is 0.326 e. The number of fused-ring (bicyclic) bond motifs is 1. The molecule has 2 aromatic rings. The van der Waals surface area contributed by atoms with Crippen LogP contribution in [0.15, 0.2) is 42.5 Å². The summed E-state index contributed by atoms with van der Waals surface area (Å²) in [6.45, 7) is 1.71. The second-order valence-corrected chi connectivity index (χ2v) is 7.31. The van der Waals surface area contributed by atoms with Gasteiger partial charge in [0, 0.05) is 20.0 Å². The third-order valence-electron chi connectivity index (χ3n) is 5.03. The van der Waals surface area contributed by atoms with Crippen LogP contribution in [0.5, 0.6) is 0 Å². The molecule has 2 aromatic carbocycles. The van der Waals surface area contributed by atoms with Crippen molar-refractivity contribution in [2.45, 2.75) is 25.8 Å². The lowest BCUT2D eigenvalue weighted by molar-refractivity contribution is -0.149. The molecule has 0 saturated carbocycles. The summed E-state index contributed by atoms with van der Waals surface area (Å²) >= 11 is 0. The average Bonchev–Trinajstić information content (AvgIpc) is 2.97. The average molecular weight is 411 g/mol. The molecule has 0 radical (unpaired) electrons. The van der Waals surface area contributed by atoms with E-state index in [4.69, 9.17) is 4.74 Å². The Labute approximate surface area is 174 Å². The highest BCUT2D eigenvalue weighted by atomic mass is 16.5. The number of nitrogens with one attached hydrogen (secondary N) is 1. The number of likely N-dealkylation sites (N-methyl/N-ethyl adjacent to an activating group) is 1. The van der Waals surface area contributed by atoms with E-state index in [1.165, 1.54) is 4.90 Å². The third kappa shape index (κ3) is 4.94. The lowest BCUT2D eigenvalue weighted by Gasteiger charge is -2.17. The van der Waals surface area contributed by atoms with Gasteiger partial charge in [-0.05, 0) is 29.7 Å². The molecule has 4 amide bonds. The molecule has 0 unspecified atom stereocenters. The highest BCUT2D eigenvalue weighted by Gasteiger charge is 2.32. The maximum absolute atomic E-state index is 12.2. The number of amides is 4. The number of carbonyl (C=O) groups is 4. The van der Waals surface area contributed by atoms with Gasteiger partial charge in [0.05, 0.1) is 6.04 Å². The van der Waals surface area contributed by atoms with Gasteiger partial charge >= 0.3 is 12.0 Å². The molecule has 1 aliphatic heterocycles. The minimum Gasteiger partial charge on any atom is -0.456 e. The zero-order valence-electron chi connectivity index (χ0n) is 17.1. The predicted molar refractivity (Wildman–Crippen MR) is 110 cm³/mol. The minimum atomic E-state index is -0.546. The maximum atomic E-state index is 12.2. The molecule has 0 spiro atoms. The molecule has 0 aromatic heterocycles. The first kappa shape index (κ1) is 21.3. The van der Waals surface area contributed by atoms with Gasteiger partial charge in [0.15, 0.2) is 6.61 Å². The van der Waals surface area contributed by atoms with Crippen molar-refractivity contribution in [1.82, 2.24) is 15.1 Å². The summed E-state index contributed by atoms with van der Waals surface area (Å²) in [5.41, 5.74) is 0.984. The fraction of sp³-hybridized carbons (Fsp3) is 0.364. The first-order valence-corrected chi connectivity index (χ1v) is 9.85. The molecular formula is C22H25N3O5. The summed E-state index contributed by atoms with van der Waals surface area (Å²) in [6.07, 6.45) is 0.311. The van der Waals surface area contributed by atoms with Crippen LogP contribution in [0.3, 0.4) is 0 Å². The van der Waals surface area contributed by atoms with Gasteiger partial charge in [-0.2, -0.15) is 0 Å². The van der Waals surface area contributed by atoms with E-state index in [1.54, 1.807) is 7.05 Å². The monoisotopic (exact) mass is 411 g/mol. The van der Waals surface area contributed by atoms with E-state index in [1.807, 2.05) is 49.4 Å². The van der Waals surface area contributed by atoms with Crippen LogP contribution in [-0.4, -0.2) is 60.4 Å². The number of urea groups is 1. The van der Waals surface area contributed by atoms with Crippen molar-refractivity contribution in [2.75, 3.05) is 26.7 Å². The van der Waals surface area contributed by atoms with E-state index in [0.717, 1.165) is 21.2 Å². The SMILES string of the molecule is C[C@H](NC(=O)COC(=O)CCCN1C(=O)CN(C)C1=O)c1cccc2ccccc12. The standard InChI is InChI=1S/C22H25N3O5/c1-15(17-10-5-8-16-7-3-4-9-18(16)17)23-19(26)14-30-21(28)11-6-12-25-20(27)13-24(2)22(25)29/h3-5,7-10,15H,6,11-14H2,1-2H3,(H,23,26)/t15-/m0/s1. The lowest BCUT2D eigenvalue weighted by Crippen LogP contribution is -2.33. The molecule has 1 saturated heterocycles. The number of benzene rings is 2. The van der Waals surface area contributed by atoms with E-state index in [9.17, 15) is 19.2 Å². The Balaban J connectivity index is 1.42. The number of imide groups is 1. The largest absolute Gasteiger partial charge is 0.456 e. The normalized spacial score (nSPS) is 14.9. The van der Waals surface area contributed by atoms with Crippen molar-refractivity contribution in [3.05, 3.63) is 48.0 Å². The number of hydrogen-bond donors (Lipinski definition) is 1. The first-order valence-electron chi connectivity index (χ1n) is 9.85.